The largest absolute Gasteiger partial charge is 0.480 e. The van der Waals surface area contributed by atoms with Crippen LogP contribution in [0.4, 0.5) is 4.79 Å². The van der Waals surface area contributed by atoms with E-state index in [0.717, 1.165) is 11.3 Å². The van der Waals surface area contributed by atoms with Gasteiger partial charge in [-0.2, -0.15) is 5.10 Å². The zero-order valence-electron chi connectivity index (χ0n) is 11.1. The number of likely N-dealkylation sites (tertiary alicyclic amines) is 1. The third-order valence-corrected chi connectivity index (χ3v) is 3.71. The first-order valence-electron chi connectivity index (χ1n) is 6.23. The first kappa shape index (κ1) is 13.4. The number of aromatic nitrogens is 2. The number of amides is 2. The van der Waals surface area contributed by atoms with Gasteiger partial charge in [-0.25, -0.2) is 9.59 Å². The normalized spacial score (nSPS) is 22.5. The van der Waals surface area contributed by atoms with E-state index < -0.39 is 11.5 Å². The molecule has 1 saturated heterocycles. The van der Waals surface area contributed by atoms with E-state index in [1.807, 2.05) is 6.92 Å². The molecule has 1 aliphatic rings. The van der Waals surface area contributed by atoms with Crippen LogP contribution in [0.25, 0.3) is 0 Å². The molecule has 0 spiro atoms. The molecule has 1 fully saturated rings. The van der Waals surface area contributed by atoms with Gasteiger partial charge in [-0.1, -0.05) is 0 Å². The smallest absolute Gasteiger partial charge is 0.329 e. The van der Waals surface area contributed by atoms with Crippen LogP contribution in [0.15, 0.2) is 6.20 Å². The number of aromatic amines is 1. The fourth-order valence-electron chi connectivity index (χ4n) is 2.33. The van der Waals surface area contributed by atoms with E-state index in [1.54, 1.807) is 13.1 Å². The summed E-state index contributed by atoms with van der Waals surface area (Å²) in [6, 6.07) is -0.344. The lowest BCUT2D eigenvalue weighted by atomic mass is 10.00. The molecule has 1 aliphatic heterocycles. The van der Waals surface area contributed by atoms with Crippen molar-refractivity contribution in [3.8, 4) is 0 Å². The van der Waals surface area contributed by atoms with Crippen LogP contribution >= 0.6 is 0 Å². The van der Waals surface area contributed by atoms with Gasteiger partial charge < -0.3 is 15.3 Å². The highest BCUT2D eigenvalue weighted by Gasteiger charge is 2.45. The number of aryl methyl sites for hydroxylation is 1. The molecule has 104 valence electrons. The SMILES string of the molecule is Cc1[nH]ncc1CNC(=O)N1CCCC1(C)C(=O)O. The third-order valence-electron chi connectivity index (χ3n) is 3.71. The number of rotatable bonds is 3. The number of carboxylic acids is 1. The van der Waals surface area contributed by atoms with Gasteiger partial charge in [0.25, 0.3) is 0 Å². The van der Waals surface area contributed by atoms with Crippen LogP contribution in [-0.2, 0) is 11.3 Å². The molecule has 0 aliphatic carbocycles. The first-order chi connectivity index (χ1) is 8.95. The molecule has 0 radical (unpaired) electrons. The fraction of sp³-hybridized carbons (Fsp3) is 0.583. The molecule has 3 N–H and O–H groups in total. The minimum Gasteiger partial charge on any atom is -0.480 e. The molecule has 2 heterocycles. The van der Waals surface area contributed by atoms with E-state index in [-0.39, 0.29) is 6.03 Å². The molecule has 1 aromatic rings. The zero-order chi connectivity index (χ0) is 14.0. The number of H-pyrrole nitrogens is 1. The number of nitrogens with one attached hydrogen (secondary N) is 2. The van der Waals surface area contributed by atoms with Crippen molar-refractivity contribution in [3.63, 3.8) is 0 Å². The Morgan fingerprint density at radius 2 is 2.37 bits per heavy atom. The first-order valence-corrected chi connectivity index (χ1v) is 6.23. The van der Waals surface area contributed by atoms with E-state index >= 15 is 0 Å². The average molecular weight is 266 g/mol. The molecule has 19 heavy (non-hydrogen) atoms. The maximum Gasteiger partial charge on any atom is 0.329 e. The Labute approximate surface area is 111 Å². The molecule has 2 rings (SSSR count). The van der Waals surface area contributed by atoms with Crippen molar-refractivity contribution >= 4 is 12.0 Å². The third kappa shape index (κ3) is 2.40. The van der Waals surface area contributed by atoms with Gasteiger partial charge >= 0.3 is 12.0 Å². The molecule has 7 heteroatoms. The fourth-order valence-corrected chi connectivity index (χ4v) is 2.33. The van der Waals surface area contributed by atoms with E-state index in [1.165, 1.54) is 4.90 Å². The van der Waals surface area contributed by atoms with Gasteiger partial charge in [0, 0.05) is 24.3 Å². The summed E-state index contributed by atoms with van der Waals surface area (Å²) >= 11 is 0. The van der Waals surface area contributed by atoms with Gasteiger partial charge in [0.1, 0.15) is 5.54 Å². The Balaban J connectivity index is 2.00. The second kappa shape index (κ2) is 4.91. The molecule has 1 unspecified atom stereocenters. The van der Waals surface area contributed by atoms with Crippen molar-refractivity contribution in [2.24, 2.45) is 0 Å². The lowest BCUT2D eigenvalue weighted by molar-refractivity contribution is -0.147. The molecule has 7 nitrogen and oxygen atoms in total. The monoisotopic (exact) mass is 266 g/mol. The summed E-state index contributed by atoms with van der Waals surface area (Å²) in [5.74, 6) is -0.959. The van der Waals surface area contributed by atoms with Gasteiger partial charge in [-0.15, -0.1) is 0 Å². The van der Waals surface area contributed by atoms with Crippen LogP contribution in [0.1, 0.15) is 31.0 Å². The quantitative estimate of drug-likeness (QED) is 0.756. The summed E-state index contributed by atoms with van der Waals surface area (Å²) in [5.41, 5.74) is 0.683. The topological polar surface area (TPSA) is 98.3 Å². The van der Waals surface area contributed by atoms with Gasteiger partial charge in [0.15, 0.2) is 0 Å². The van der Waals surface area contributed by atoms with Gasteiger partial charge in [0.05, 0.1) is 6.20 Å². The molecular formula is C12H18N4O3. The second-order valence-electron chi connectivity index (χ2n) is 5.01. The van der Waals surface area contributed by atoms with Crippen molar-refractivity contribution < 1.29 is 14.7 Å². The standard InChI is InChI=1S/C12H18N4O3/c1-8-9(7-14-15-8)6-13-11(19)16-5-3-4-12(16,2)10(17)18/h7H,3-6H2,1-2H3,(H,13,19)(H,14,15)(H,17,18). The molecule has 0 aromatic carbocycles. The lowest BCUT2D eigenvalue weighted by Gasteiger charge is -2.31. The summed E-state index contributed by atoms with van der Waals surface area (Å²) in [4.78, 5) is 24.8. The van der Waals surface area contributed by atoms with Crippen LogP contribution in [-0.4, -0.2) is 44.3 Å². The van der Waals surface area contributed by atoms with E-state index in [0.29, 0.717) is 25.9 Å². The summed E-state index contributed by atoms with van der Waals surface area (Å²) in [7, 11) is 0. The molecule has 0 saturated carbocycles. The summed E-state index contributed by atoms with van der Waals surface area (Å²) in [5, 5.41) is 18.7. The van der Waals surface area contributed by atoms with Crippen molar-refractivity contribution in [1.82, 2.24) is 20.4 Å². The van der Waals surface area contributed by atoms with Gasteiger partial charge in [0.2, 0.25) is 0 Å². The number of carbonyl (C=O) groups is 2. The minimum absolute atomic E-state index is 0.341. The van der Waals surface area contributed by atoms with E-state index in [4.69, 9.17) is 0 Å². The molecule has 1 atom stereocenters. The zero-order valence-corrected chi connectivity index (χ0v) is 11.1. The maximum atomic E-state index is 12.1. The Kier molecular flexibility index (Phi) is 3.46. The summed E-state index contributed by atoms with van der Waals surface area (Å²) in [6.07, 6.45) is 2.84. The van der Waals surface area contributed by atoms with Crippen LogP contribution < -0.4 is 5.32 Å². The lowest BCUT2D eigenvalue weighted by Crippen LogP contribution is -2.53. The number of nitrogens with zero attached hydrogens (tertiary/aromatic N) is 2. The highest BCUT2D eigenvalue weighted by Crippen LogP contribution is 2.29. The van der Waals surface area contributed by atoms with Gasteiger partial charge in [-0.3, -0.25) is 5.10 Å². The van der Waals surface area contributed by atoms with Crippen molar-refractivity contribution in [2.45, 2.75) is 38.8 Å². The Morgan fingerprint density at radius 3 is 2.95 bits per heavy atom. The highest BCUT2D eigenvalue weighted by atomic mass is 16.4. The molecule has 0 bridgehead atoms. The molecule has 1 aromatic heterocycles. The molecule has 2 amide bonds. The number of urea groups is 1. The predicted octanol–water partition coefficient (Wildman–Crippen LogP) is 0.867. The Hall–Kier alpha value is -2.05. The number of carbonyl (C=O) groups excluding carboxylic acids is 1. The minimum atomic E-state index is -1.10. The average Bonchev–Trinajstić information content (AvgIpc) is 2.93. The second-order valence-corrected chi connectivity index (χ2v) is 5.01. The number of hydrogen-bond acceptors (Lipinski definition) is 3. The Morgan fingerprint density at radius 1 is 1.63 bits per heavy atom. The van der Waals surface area contributed by atoms with Crippen LogP contribution in [0.5, 0.6) is 0 Å². The number of carboxylic acid groups (broad SMARTS) is 1. The van der Waals surface area contributed by atoms with Crippen molar-refractivity contribution in [2.75, 3.05) is 6.54 Å². The number of aliphatic carboxylic acids is 1. The highest BCUT2D eigenvalue weighted by molar-refractivity contribution is 5.86. The van der Waals surface area contributed by atoms with E-state index in [2.05, 4.69) is 15.5 Å². The predicted molar refractivity (Wildman–Crippen MR) is 67.5 cm³/mol. The van der Waals surface area contributed by atoms with E-state index in [9.17, 15) is 14.7 Å². The summed E-state index contributed by atoms with van der Waals surface area (Å²) in [6.45, 7) is 4.27. The summed E-state index contributed by atoms with van der Waals surface area (Å²) < 4.78 is 0. The van der Waals surface area contributed by atoms with Crippen LogP contribution in [0.3, 0.4) is 0 Å². The van der Waals surface area contributed by atoms with Crippen molar-refractivity contribution in [1.29, 1.82) is 0 Å². The van der Waals surface area contributed by atoms with Crippen molar-refractivity contribution in [3.05, 3.63) is 17.5 Å². The van der Waals surface area contributed by atoms with Crippen LogP contribution in [0, 0.1) is 6.92 Å². The Bertz CT molecular complexity index is 499. The maximum absolute atomic E-state index is 12.1. The van der Waals surface area contributed by atoms with Crippen LogP contribution in [0.2, 0.25) is 0 Å². The molecular weight excluding hydrogens is 248 g/mol. The van der Waals surface area contributed by atoms with Gasteiger partial charge in [-0.05, 0) is 26.7 Å². The number of hydrogen-bond donors (Lipinski definition) is 3.